The van der Waals surface area contributed by atoms with Crippen LogP contribution in [-0.4, -0.2) is 34.1 Å². The van der Waals surface area contributed by atoms with Crippen LogP contribution in [0.15, 0.2) is 60.8 Å². The van der Waals surface area contributed by atoms with Gasteiger partial charge < -0.3 is 9.84 Å². The second-order valence-corrected chi connectivity index (χ2v) is 8.72. The molecule has 2 aromatic carbocycles. The smallest absolute Gasteiger partial charge is 0.329 e. The number of carboxylic acid groups (broad SMARTS) is 1. The average Bonchev–Trinajstić information content (AvgIpc) is 3.19. The lowest BCUT2D eigenvalue weighted by molar-refractivity contribution is -0.142. The van der Waals surface area contributed by atoms with Gasteiger partial charge in [0.2, 0.25) is 0 Å². The van der Waals surface area contributed by atoms with Crippen LogP contribution >= 0.6 is 11.6 Å². The van der Waals surface area contributed by atoms with E-state index < -0.39 is 5.97 Å². The van der Waals surface area contributed by atoms with Crippen LogP contribution in [0.4, 0.5) is 0 Å². The summed E-state index contributed by atoms with van der Waals surface area (Å²) in [6.45, 7) is 1.22. The van der Waals surface area contributed by atoms with E-state index in [1.54, 1.807) is 0 Å². The van der Waals surface area contributed by atoms with Crippen molar-refractivity contribution in [3.8, 4) is 22.4 Å². The number of aliphatic carboxylic acids is 1. The first kappa shape index (κ1) is 21.6. The van der Waals surface area contributed by atoms with Gasteiger partial charge in [0.1, 0.15) is 12.3 Å². The van der Waals surface area contributed by atoms with Gasteiger partial charge in [-0.05, 0) is 55.2 Å². The van der Waals surface area contributed by atoms with Gasteiger partial charge in [-0.1, -0.05) is 54.1 Å². The van der Waals surface area contributed by atoms with Gasteiger partial charge in [0.15, 0.2) is 0 Å². The van der Waals surface area contributed by atoms with E-state index in [1.165, 1.54) is 0 Å². The maximum absolute atomic E-state index is 10.6. The fraction of sp³-hybridized carbons (Fsp3) is 0.360. The number of hydrogen-bond donors (Lipinski definition) is 1. The monoisotopic (exact) mass is 438 g/mol. The Kier molecular flexibility index (Phi) is 7.05. The fourth-order valence-corrected chi connectivity index (χ4v) is 4.45. The van der Waals surface area contributed by atoms with Crippen molar-refractivity contribution in [2.75, 3.05) is 13.2 Å². The van der Waals surface area contributed by atoms with Crippen molar-refractivity contribution in [2.24, 2.45) is 11.8 Å². The summed E-state index contributed by atoms with van der Waals surface area (Å²) >= 11 is 6.09. The predicted molar refractivity (Wildman–Crippen MR) is 122 cm³/mol. The number of carboxylic acids is 1. The van der Waals surface area contributed by atoms with Crippen LogP contribution in [0.2, 0.25) is 5.02 Å². The third-order valence-electron chi connectivity index (χ3n) is 5.95. The fourth-order valence-electron chi connectivity index (χ4n) is 4.32. The molecule has 4 rings (SSSR count). The summed E-state index contributed by atoms with van der Waals surface area (Å²) in [5.41, 5.74) is 4.30. The number of halogens is 1. The Hall–Kier alpha value is -2.63. The Balaban J connectivity index is 1.46. The van der Waals surface area contributed by atoms with Crippen molar-refractivity contribution in [2.45, 2.75) is 32.2 Å². The topological polar surface area (TPSA) is 64.3 Å². The van der Waals surface area contributed by atoms with Crippen LogP contribution in [-0.2, 0) is 16.1 Å². The summed E-state index contributed by atoms with van der Waals surface area (Å²) in [6.07, 6.45) is 6.51. The molecule has 0 amide bonds. The molecule has 0 saturated heterocycles. The highest BCUT2D eigenvalue weighted by atomic mass is 35.5. The van der Waals surface area contributed by atoms with Gasteiger partial charge in [0.25, 0.3) is 0 Å². The number of ether oxygens (including phenoxy) is 1. The molecule has 1 N–H and O–H groups in total. The molecule has 1 aliphatic rings. The Labute approximate surface area is 187 Å². The van der Waals surface area contributed by atoms with Crippen LogP contribution in [0.1, 0.15) is 25.7 Å². The molecule has 0 unspecified atom stereocenters. The normalized spacial score (nSPS) is 18.7. The molecule has 31 heavy (non-hydrogen) atoms. The molecule has 0 atom stereocenters. The van der Waals surface area contributed by atoms with Crippen LogP contribution < -0.4 is 0 Å². The van der Waals surface area contributed by atoms with Gasteiger partial charge >= 0.3 is 5.97 Å². The first-order valence-corrected chi connectivity index (χ1v) is 11.1. The molecule has 1 aliphatic carbocycles. The van der Waals surface area contributed by atoms with E-state index in [0.29, 0.717) is 18.4 Å². The van der Waals surface area contributed by atoms with Crippen molar-refractivity contribution in [3.05, 3.63) is 65.8 Å². The number of nitrogens with zero attached hydrogens (tertiary/aromatic N) is 2. The minimum absolute atomic E-state index is 0.205. The van der Waals surface area contributed by atoms with Gasteiger partial charge in [-0.25, -0.2) is 4.79 Å². The van der Waals surface area contributed by atoms with E-state index in [1.807, 2.05) is 42.5 Å². The summed E-state index contributed by atoms with van der Waals surface area (Å²) in [5, 5.41) is 14.4. The Morgan fingerprint density at radius 3 is 2.35 bits per heavy atom. The third-order valence-corrected chi connectivity index (χ3v) is 6.21. The number of carbonyl (C=O) groups is 1. The van der Waals surface area contributed by atoms with E-state index >= 15 is 0 Å². The quantitative estimate of drug-likeness (QED) is 0.484. The zero-order valence-electron chi connectivity index (χ0n) is 17.4. The molecule has 1 aromatic heterocycles. The average molecular weight is 439 g/mol. The largest absolute Gasteiger partial charge is 0.480 e. The van der Waals surface area contributed by atoms with E-state index in [-0.39, 0.29) is 6.61 Å². The Morgan fingerprint density at radius 2 is 1.68 bits per heavy atom. The molecule has 3 aromatic rings. The Bertz CT molecular complexity index is 993. The number of benzene rings is 2. The molecule has 1 fully saturated rings. The summed E-state index contributed by atoms with van der Waals surface area (Å²) in [5.74, 6) is 0.119. The second kappa shape index (κ2) is 10.1. The molecular formula is C25H27ClN2O3. The number of hydrogen-bond acceptors (Lipinski definition) is 3. The zero-order chi connectivity index (χ0) is 21.6. The molecule has 1 heterocycles. The lowest BCUT2D eigenvalue weighted by atomic mass is 9.82. The zero-order valence-corrected chi connectivity index (χ0v) is 18.2. The lowest BCUT2D eigenvalue weighted by Gasteiger charge is -2.28. The van der Waals surface area contributed by atoms with Crippen molar-refractivity contribution < 1.29 is 14.6 Å². The van der Waals surface area contributed by atoms with Crippen LogP contribution in [0.5, 0.6) is 0 Å². The molecule has 6 heteroatoms. The summed E-state index contributed by atoms with van der Waals surface area (Å²) in [6, 6.07) is 18.2. The van der Waals surface area contributed by atoms with Crippen molar-refractivity contribution in [1.82, 2.24) is 9.78 Å². The van der Waals surface area contributed by atoms with Crippen molar-refractivity contribution >= 4 is 17.6 Å². The molecule has 0 aliphatic heterocycles. The first-order chi connectivity index (χ1) is 15.1. The molecule has 0 bridgehead atoms. The lowest BCUT2D eigenvalue weighted by Crippen LogP contribution is -2.23. The minimum Gasteiger partial charge on any atom is -0.480 e. The van der Waals surface area contributed by atoms with E-state index in [0.717, 1.165) is 59.6 Å². The van der Waals surface area contributed by atoms with E-state index in [4.69, 9.17) is 26.5 Å². The van der Waals surface area contributed by atoms with E-state index in [2.05, 4.69) is 23.0 Å². The van der Waals surface area contributed by atoms with Crippen molar-refractivity contribution in [1.29, 1.82) is 0 Å². The minimum atomic E-state index is -0.905. The van der Waals surface area contributed by atoms with Crippen molar-refractivity contribution in [3.63, 3.8) is 0 Å². The van der Waals surface area contributed by atoms with Crippen LogP contribution in [0, 0.1) is 11.8 Å². The Morgan fingerprint density at radius 1 is 1.00 bits per heavy atom. The molecule has 5 nitrogen and oxygen atoms in total. The number of aromatic nitrogens is 2. The first-order valence-electron chi connectivity index (χ1n) is 10.8. The number of rotatable bonds is 8. The second-order valence-electron chi connectivity index (χ2n) is 8.28. The molecule has 0 radical (unpaired) electrons. The van der Waals surface area contributed by atoms with Gasteiger partial charge in [-0.3, -0.25) is 4.68 Å². The maximum Gasteiger partial charge on any atom is 0.329 e. The van der Waals surface area contributed by atoms with Crippen LogP contribution in [0.25, 0.3) is 22.4 Å². The summed E-state index contributed by atoms with van der Waals surface area (Å²) in [4.78, 5) is 10.6. The van der Waals surface area contributed by atoms with E-state index in [9.17, 15) is 4.79 Å². The van der Waals surface area contributed by atoms with Gasteiger partial charge in [-0.2, -0.15) is 5.10 Å². The van der Waals surface area contributed by atoms with Gasteiger partial charge in [0.05, 0.1) is 6.61 Å². The highest BCUT2D eigenvalue weighted by molar-refractivity contribution is 6.30. The summed E-state index contributed by atoms with van der Waals surface area (Å²) in [7, 11) is 0. The SMILES string of the molecule is O=C(O)COCC1CCC(Cn2cc(-c3ccc(Cl)cc3)c(-c3ccccc3)n2)CC1. The molecule has 0 spiro atoms. The van der Waals surface area contributed by atoms with Crippen LogP contribution in [0.3, 0.4) is 0 Å². The molecular weight excluding hydrogens is 412 g/mol. The molecule has 1 saturated carbocycles. The standard InChI is InChI=1S/C25H27ClN2O3/c26-22-12-10-20(11-13-22)23-15-28(27-25(23)21-4-2-1-3-5-21)14-18-6-8-19(9-7-18)16-31-17-24(29)30/h1-5,10-13,15,18-19H,6-9,14,16-17H2,(H,29,30). The highest BCUT2D eigenvalue weighted by Gasteiger charge is 2.23. The highest BCUT2D eigenvalue weighted by Crippen LogP contribution is 2.34. The van der Waals surface area contributed by atoms with Gasteiger partial charge in [-0.15, -0.1) is 0 Å². The maximum atomic E-state index is 10.6. The molecule has 162 valence electrons. The third kappa shape index (κ3) is 5.75. The van der Waals surface area contributed by atoms with Gasteiger partial charge in [0, 0.05) is 28.9 Å². The predicted octanol–water partition coefficient (Wildman–Crippen LogP) is 5.78. The summed E-state index contributed by atoms with van der Waals surface area (Å²) < 4.78 is 7.37.